The first-order valence-electron chi connectivity index (χ1n) is 5.14. The molecular weight excluding hydrogens is 180 g/mol. The summed E-state index contributed by atoms with van der Waals surface area (Å²) in [6, 6.07) is 0. The Kier molecular flexibility index (Phi) is 4.57. The van der Waals surface area contributed by atoms with E-state index in [9.17, 15) is 0 Å². The van der Waals surface area contributed by atoms with Crippen LogP contribution in [0.2, 0.25) is 0 Å². The van der Waals surface area contributed by atoms with Crippen molar-refractivity contribution < 1.29 is 4.48 Å². The number of hydrogen-bond acceptors (Lipinski definition) is 2. The maximum atomic E-state index is 4.53. The van der Waals surface area contributed by atoms with Gasteiger partial charge >= 0.3 is 0 Å². The lowest BCUT2D eigenvalue weighted by Crippen LogP contribution is -2.48. The van der Waals surface area contributed by atoms with Gasteiger partial charge < -0.3 is 4.48 Å². The van der Waals surface area contributed by atoms with E-state index in [4.69, 9.17) is 0 Å². The number of nitrogens with zero attached hydrogens (tertiary/aromatic N) is 2. The average Bonchev–Trinajstić information content (AvgIpc) is 2.14. The largest absolute Gasteiger partial charge is 0.326 e. The fraction of sp³-hybridized carbons (Fsp3) is 0.900. The molecule has 0 aromatic heterocycles. The Morgan fingerprint density at radius 1 is 1.31 bits per heavy atom. The molecule has 3 heteroatoms. The van der Waals surface area contributed by atoms with Crippen LogP contribution in [0.15, 0.2) is 4.99 Å². The summed E-state index contributed by atoms with van der Waals surface area (Å²) in [6.07, 6.45) is 5.37. The maximum absolute atomic E-state index is 4.53. The van der Waals surface area contributed by atoms with Gasteiger partial charge in [-0.1, -0.05) is 0 Å². The Labute approximate surface area is 86.2 Å². The third-order valence-corrected chi connectivity index (χ3v) is 3.06. The van der Waals surface area contributed by atoms with E-state index in [1.165, 1.54) is 43.4 Å². The molecule has 0 aromatic rings. The van der Waals surface area contributed by atoms with Gasteiger partial charge in [-0.05, 0) is 31.5 Å². The smallest absolute Gasteiger partial charge is 0.0802 e. The number of aliphatic imine (C=N–C) groups is 1. The van der Waals surface area contributed by atoms with Crippen LogP contribution >= 0.6 is 12.2 Å². The van der Waals surface area contributed by atoms with Gasteiger partial charge in [0.05, 0.1) is 38.4 Å². The number of hydrogen-bond donors (Lipinski definition) is 0. The van der Waals surface area contributed by atoms with Crippen LogP contribution < -0.4 is 0 Å². The topological polar surface area (TPSA) is 12.4 Å². The Morgan fingerprint density at radius 3 is 2.62 bits per heavy atom. The third kappa shape index (κ3) is 3.99. The molecule has 0 radical (unpaired) electrons. The molecule has 1 heterocycles. The van der Waals surface area contributed by atoms with Gasteiger partial charge in [0, 0.05) is 6.42 Å². The number of rotatable bonds is 4. The van der Waals surface area contributed by atoms with Crippen molar-refractivity contribution in [1.82, 2.24) is 0 Å². The molecule has 1 rings (SSSR count). The van der Waals surface area contributed by atoms with Crippen LogP contribution in [0.5, 0.6) is 0 Å². The fourth-order valence-corrected chi connectivity index (χ4v) is 2.17. The highest BCUT2D eigenvalue weighted by molar-refractivity contribution is 7.78. The Morgan fingerprint density at radius 2 is 2.00 bits per heavy atom. The molecule has 2 nitrogen and oxygen atoms in total. The highest BCUT2D eigenvalue weighted by Crippen LogP contribution is 2.16. The highest BCUT2D eigenvalue weighted by atomic mass is 32.1. The summed E-state index contributed by atoms with van der Waals surface area (Å²) in [7, 11) is 2.36. The summed E-state index contributed by atoms with van der Waals surface area (Å²) in [5.74, 6) is 0. The number of isothiocyanates is 1. The molecule has 0 amide bonds. The molecule has 1 fully saturated rings. The molecule has 0 unspecified atom stereocenters. The van der Waals surface area contributed by atoms with E-state index in [0.29, 0.717) is 0 Å². The van der Waals surface area contributed by atoms with E-state index in [2.05, 4.69) is 29.4 Å². The van der Waals surface area contributed by atoms with Crippen LogP contribution in [0.3, 0.4) is 0 Å². The fourth-order valence-electron chi connectivity index (χ4n) is 2.08. The van der Waals surface area contributed by atoms with Gasteiger partial charge in [0.1, 0.15) is 0 Å². The maximum Gasteiger partial charge on any atom is 0.0802 e. The summed E-state index contributed by atoms with van der Waals surface area (Å²) in [5, 5.41) is 2.42. The van der Waals surface area contributed by atoms with Gasteiger partial charge in [-0.3, -0.25) is 0 Å². The summed E-state index contributed by atoms with van der Waals surface area (Å²) in [5.41, 5.74) is 0. The summed E-state index contributed by atoms with van der Waals surface area (Å²) < 4.78 is 1.24. The molecule has 0 saturated carbocycles. The lowest BCUT2D eigenvalue weighted by Gasteiger charge is -2.37. The third-order valence-electron chi connectivity index (χ3n) is 2.93. The van der Waals surface area contributed by atoms with Crippen molar-refractivity contribution in [1.29, 1.82) is 0 Å². The van der Waals surface area contributed by atoms with Gasteiger partial charge in [-0.15, -0.1) is 0 Å². The van der Waals surface area contributed by atoms with Gasteiger partial charge in [-0.25, -0.2) is 4.99 Å². The van der Waals surface area contributed by atoms with Crippen molar-refractivity contribution in [3.8, 4) is 0 Å². The Hall–Kier alpha value is -0.240. The van der Waals surface area contributed by atoms with E-state index in [1.54, 1.807) is 0 Å². The predicted molar refractivity (Wildman–Crippen MR) is 59.1 cm³/mol. The highest BCUT2D eigenvalue weighted by Gasteiger charge is 2.23. The van der Waals surface area contributed by atoms with Gasteiger partial charge in [0.15, 0.2) is 0 Å². The first-order chi connectivity index (χ1) is 6.27. The molecule has 13 heavy (non-hydrogen) atoms. The van der Waals surface area contributed by atoms with Crippen LogP contribution in [0.1, 0.15) is 25.7 Å². The van der Waals surface area contributed by atoms with Gasteiger partial charge in [-0.2, -0.15) is 0 Å². The lowest BCUT2D eigenvalue weighted by molar-refractivity contribution is -0.914. The second kappa shape index (κ2) is 5.48. The second-order valence-corrected chi connectivity index (χ2v) is 4.36. The predicted octanol–water partition coefficient (Wildman–Crippen LogP) is 2.11. The van der Waals surface area contributed by atoms with Gasteiger partial charge in [0.25, 0.3) is 0 Å². The Bertz CT molecular complexity index is 191. The molecule has 0 N–H and O–H groups in total. The van der Waals surface area contributed by atoms with Crippen LogP contribution in [-0.2, 0) is 0 Å². The summed E-state index contributed by atoms with van der Waals surface area (Å²) >= 11 is 4.53. The Balaban J connectivity index is 2.20. The van der Waals surface area contributed by atoms with E-state index >= 15 is 0 Å². The molecule has 0 bridgehead atoms. The SMILES string of the molecule is C[N+]1(CCCN=C=S)CCCCC1. The van der Waals surface area contributed by atoms with E-state index in [1.807, 2.05) is 0 Å². The minimum atomic E-state index is 0.858. The molecule has 0 aromatic carbocycles. The number of piperidine rings is 1. The minimum absolute atomic E-state index is 0.858. The normalized spacial score (nSPS) is 20.7. The number of quaternary nitrogens is 1. The quantitative estimate of drug-likeness (QED) is 0.292. The second-order valence-electron chi connectivity index (χ2n) is 4.18. The van der Waals surface area contributed by atoms with Crippen molar-refractivity contribution in [2.24, 2.45) is 4.99 Å². The molecule has 0 spiro atoms. The number of thiocarbonyl (C=S) groups is 1. The van der Waals surface area contributed by atoms with Crippen molar-refractivity contribution in [3.63, 3.8) is 0 Å². The first-order valence-corrected chi connectivity index (χ1v) is 5.55. The molecule has 1 aliphatic heterocycles. The molecule has 1 saturated heterocycles. The molecule has 1 aliphatic rings. The van der Waals surface area contributed by atoms with Crippen LogP contribution in [0, 0.1) is 0 Å². The molecule has 0 atom stereocenters. The van der Waals surface area contributed by atoms with Crippen molar-refractivity contribution >= 4 is 17.4 Å². The lowest BCUT2D eigenvalue weighted by atomic mass is 10.1. The zero-order chi connectivity index (χ0) is 9.57. The summed E-state index contributed by atoms with van der Waals surface area (Å²) in [4.78, 5) is 3.94. The average molecular weight is 199 g/mol. The molecule has 0 aliphatic carbocycles. The number of likely N-dealkylation sites (tertiary alicyclic amines) is 1. The van der Waals surface area contributed by atoms with Crippen molar-refractivity contribution in [2.75, 3.05) is 33.2 Å². The van der Waals surface area contributed by atoms with Crippen LogP contribution in [0.25, 0.3) is 0 Å². The first kappa shape index (κ1) is 10.8. The van der Waals surface area contributed by atoms with Gasteiger partial charge in [0.2, 0.25) is 0 Å². The standard InChI is InChI=1S/C10H19N2S/c1-12(7-3-2-4-8-12)9-5-6-11-10-13/h2-9H2,1H3/q+1. The van der Waals surface area contributed by atoms with E-state index in [-0.39, 0.29) is 0 Å². The van der Waals surface area contributed by atoms with Crippen LogP contribution in [0.4, 0.5) is 0 Å². The van der Waals surface area contributed by atoms with Crippen molar-refractivity contribution in [2.45, 2.75) is 25.7 Å². The van der Waals surface area contributed by atoms with E-state index < -0.39 is 0 Å². The van der Waals surface area contributed by atoms with Crippen molar-refractivity contribution in [3.05, 3.63) is 0 Å². The zero-order valence-electron chi connectivity index (χ0n) is 8.46. The van der Waals surface area contributed by atoms with Crippen LogP contribution in [-0.4, -0.2) is 42.9 Å². The molecule has 74 valence electrons. The monoisotopic (exact) mass is 199 g/mol. The van der Waals surface area contributed by atoms with E-state index in [0.717, 1.165) is 13.0 Å². The molecular formula is C10H19N2S+. The zero-order valence-corrected chi connectivity index (χ0v) is 9.28. The minimum Gasteiger partial charge on any atom is -0.326 e. The summed E-state index contributed by atoms with van der Waals surface area (Å²) in [6.45, 7) is 4.81.